The van der Waals surface area contributed by atoms with Crippen LogP contribution in [0, 0.1) is 0 Å². The number of nitrogen functional groups attached to an aromatic ring is 1. The summed E-state index contributed by atoms with van der Waals surface area (Å²) in [5, 5.41) is 2.44. The largest absolute Gasteiger partial charge is 0.573 e. The molecule has 34 heavy (non-hydrogen) atoms. The number of nitrogens with two attached hydrogens (primary N) is 1. The van der Waals surface area contributed by atoms with Gasteiger partial charge >= 0.3 is 6.36 Å². The third-order valence-electron chi connectivity index (χ3n) is 4.11. The smallest absolute Gasteiger partial charge is 0.405 e. The summed E-state index contributed by atoms with van der Waals surface area (Å²) in [7, 11) is -4.06. The fourth-order valence-corrected chi connectivity index (χ4v) is 3.73. The Kier molecular flexibility index (Phi) is 6.72. The number of para-hydroxylation sites is 1. The lowest BCUT2D eigenvalue weighted by molar-refractivity contribution is -0.274. The number of ether oxygens (including phenoxy) is 1. The molecule has 10 nitrogen and oxygen atoms in total. The van der Waals surface area contributed by atoms with Gasteiger partial charge in [0.15, 0.2) is 11.5 Å². The van der Waals surface area contributed by atoms with E-state index in [2.05, 4.69) is 20.0 Å². The van der Waals surface area contributed by atoms with Gasteiger partial charge in [0, 0.05) is 18.2 Å². The van der Waals surface area contributed by atoms with Crippen LogP contribution >= 0.6 is 0 Å². The summed E-state index contributed by atoms with van der Waals surface area (Å²) in [6.45, 7) is 1.04. The second-order valence-corrected chi connectivity index (χ2v) is 8.36. The number of nitrogens with one attached hydrogen (secondary N) is 2. The van der Waals surface area contributed by atoms with E-state index in [0.717, 1.165) is 31.3 Å². The van der Waals surface area contributed by atoms with Crippen LogP contribution in [0.25, 0.3) is 11.3 Å². The fraction of sp³-hybridized carbons (Fsp3) is 0.100. The van der Waals surface area contributed by atoms with E-state index in [1.807, 2.05) is 0 Å². The maximum Gasteiger partial charge on any atom is 0.573 e. The van der Waals surface area contributed by atoms with Crippen LogP contribution in [0.5, 0.6) is 5.75 Å². The first kappa shape index (κ1) is 24.4. The van der Waals surface area contributed by atoms with Crippen LogP contribution < -0.4 is 20.5 Å². The lowest BCUT2D eigenvalue weighted by Gasteiger charge is -2.13. The minimum absolute atomic E-state index is 0.0751. The average molecular weight is 495 g/mol. The predicted molar refractivity (Wildman–Crippen MR) is 114 cm³/mol. The van der Waals surface area contributed by atoms with Crippen LogP contribution in [-0.4, -0.2) is 36.6 Å². The topological polar surface area (TPSA) is 153 Å². The van der Waals surface area contributed by atoms with E-state index < -0.39 is 33.9 Å². The highest BCUT2D eigenvalue weighted by Gasteiger charge is 2.32. The highest BCUT2D eigenvalue weighted by Crippen LogP contribution is 2.33. The summed E-state index contributed by atoms with van der Waals surface area (Å²) in [5.41, 5.74) is 5.32. The molecule has 3 rings (SSSR count). The summed E-state index contributed by atoms with van der Waals surface area (Å²) >= 11 is 0. The normalized spacial score (nSPS) is 11.5. The quantitative estimate of drug-likeness (QED) is 0.472. The molecule has 0 atom stereocenters. The summed E-state index contributed by atoms with van der Waals surface area (Å²) in [6, 6.07) is 9.98. The number of anilines is 2. The van der Waals surface area contributed by atoms with Crippen LogP contribution in [0.15, 0.2) is 59.6 Å². The number of alkyl halides is 3. The molecule has 0 fully saturated rings. The number of carbonyl (C=O) groups excluding carboxylic acids is 2. The molecule has 1 aromatic heterocycles. The van der Waals surface area contributed by atoms with Gasteiger partial charge in [-0.2, -0.15) is 0 Å². The lowest BCUT2D eigenvalue weighted by Crippen LogP contribution is -2.28. The molecule has 0 saturated carbocycles. The van der Waals surface area contributed by atoms with E-state index in [0.29, 0.717) is 0 Å². The van der Waals surface area contributed by atoms with Crippen molar-refractivity contribution in [1.82, 2.24) is 14.7 Å². The van der Waals surface area contributed by atoms with Crippen molar-refractivity contribution in [2.45, 2.75) is 18.2 Å². The lowest BCUT2D eigenvalue weighted by atomic mass is 10.1. The number of benzene rings is 2. The molecule has 0 radical (unpaired) electrons. The van der Waals surface area contributed by atoms with E-state index in [4.69, 9.17) is 5.73 Å². The number of nitrogens with zero attached hydrogens (tertiary/aromatic N) is 2. The maximum atomic E-state index is 12.7. The number of aromatic nitrogens is 2. The molecule has 0 unspecified atom stereocenters. The summed E-state index contributed by atoms with van der Waals surface area (Å²) in [6.07, 6.45) is -3.86. The molecule has 14 heteroatoms. The van der Waals surface area contributed by atoms with Gasteiger partial charge < -0.3 is 15.8 Å². The van der Waals surface area contributed by atoms with Gasteiger partial charge in [-0.05, 0) is 36.4 Å². The zero-order chi connectivity index (χ0) is 25.1. The Morgan fingerprint density at radius 1 is 1.06 bits per heavy atom. The minimum Gasteiger partial charge on any atom is -0.405 e. The number of rotatable bonds is 6. The Morgan fingerprint density at radius 2 is 1.71 bits per heavy atom. The molecule has 0 aliphatic rings. The molecule has 4 N–H and O–H groups in total. The molecule has 0 saturated heterocycles. The zero-order valence-corrected chi connectivity index (χ0v) is 18.1. The number of hydrogen-bond acceptors (Lipinski definition) is 8. The van der Waals surface area contributed by atoms with Crippen LogP contribution in [0.3, 0.4) is 0 Å². The molecule has 1 heterocycles. The van der Waals surface area contributed by atoms with Gasteiger partial charge in [0.05, 0.1) is 16.8 Å². The first-order valence-electron chi connectivity index (χ1n) is 9.28. The number of hydrogen-bond donors (Lipinski definition) is 3. The predicted octanol–water partition coefficient (Wildman–Crippen LogP) is 2.70. The second-order valence-electron chi connectivity index (χ2n) is 6.67. The van der Waals surface area contributed by atoms with Gasteiger partial charge in [0.25, 0.3) is 15.9 Å². The Balaban J connectivity index is 1.86. The van der Waals surface area contributed by atoms with E-state index in [1.165, 1.54) is 30.3 Å². The van der Waals surface area contributed by atoms with E-state index in [-0.39, 0.29) is 33.4 Å². The number of amides is 2. The third kappa shape index (κ3) is 5.98. The third-order valence-corrected chi connectivity index (χ3v) is 5.55. The number of sulfonamides is 1. The van der Waals surface area contributed by atoms with Gasteiger partial charge in [-0.25, -0.2) is 23.1 Å². The molecule has 0 spiro atoms. The SMILES string of the molecule is CC(=O)NS(=O)(=O)c1ccc(NC(=O)c2nc(-c3ccccc3OC(F)(F)F)cnc2N)cc1. The monoisotopic (exact) mass is 495 g/mol. The second kappa shape index (κ2) is 9.35. The standard InChI is InChI=1S/C20H16F3N5O5S/c1-11(29)28-34(31,32)13-8-6-12(7-9-13)26-19(30)17-18(24)25-10-15(27-17)14-4-2-3-5-16(14)33-20(21,22)23/h2-10H,1H3,(H2,24,25)(H,26,30)(H,28,29). The van der Waals surface area contributed by atoms with E-state index in [9.17, 15) is 31.2 Å². The van der Waals surface area contributed by atoms with Gasteiger partial charge in [-0.3, -0.25) is 9.59 Å². The minimum atomic E-state index is -4.95. The Morgan fingerprint density at radius 3 is 2.32 bits per heavy atom. The molecular formula is C20H16F3N5O5S. The number of halogens is 3. The van der Waals surface area contributed by atoms with Gasteiger partial charge in [0.1, 0.15) is 5.75 Å². The zero-order valence-electron chi connectivity index (χ0n) is 17.3. The summed E-state index contributed by atoms with van der Waals surface area (Å²) < 4.78 is 67.9. The molecule has 2 aromatic carbocycles. The van der Waals surface area contributed by atoms with Crippen LogP contribution in [-0.2, 0) is 14.8 Å². The maximum absolute atomic E-state index is 12.7. The first-order chi connectivity index (χ1) is 15.9. The van der Waals surface area contributed by atoms with E-state index >= 15 is 0 Å². The van der Waals surface area contributed by atoms with Gasteiger partial charge in [0.2, 0.25) is 5.91 Å². The average Bonchev–Trinajstić information content (AvgIpc) is 2.73. The van der Waals surface area contributed by atoms with Crippen LogP contribution in [0.4, 0.5) is 24.7 Å². The fourth-order valence-electron chi connectivity index (χ4n) is 2.74. The van der Waals surface area contributed by atoms with Gasteiger partial charge in [-0.1, -0.05) is 12.1 Å². The molecule has 0 bridgehead atoms. The first-order valence-corrected chi connectivity index (χ1v) is 10.8. The number of carbonyl (C=O) groups is 2. The highest BCUT2D eigenvalue weighted by atomic mass is 32.2. The Bertz CT molecular complexity index is 1350. The summed E-state index contributed by atoms with van der Waals surface area (Å²) in [5.74, 6) is -2.45. The molecule has 178 valence electrons. The molecule has 0 aliphatic carbocycles. The molecular weight excluding hydrogens is 479 g/mol. The molecule has 3 aromatic rings. The van der Waals surface area contributed by atoms with Gasteiger partial charge in [-0.15, -0.1) is 13.2 Å². The Labute approximate surface area is 191 Å². The Hall–Kier alpha value is -4.20. The van der Waals surface area contributed by atoms with Crippen LogP contribution in [0.1, 0.15) is 17.4 Å². The highest BCUT2D eigenvalue weighted by molar-refractivity contribution is 7.90. The van der Waals surface area contributed by atoms with Crippen LogP contribution in [0.2, 0.25) is 0 Å². The van der Waals surface area contributed by atoms with Crippen molar-refractivity contribution < 1.29 is 35.9 Å². The van der Waals surface area contributed by atoms with Crippen molar-refractivity contribution in [1.29, 1.82) is 0 Å². The van der Waals surface area contributed by atoms with E-state index in [1.54, 1.807) is 4.72 Å². The van der Waals surface area contributed by atoms with Crippen molar-refractivity contribution in [2.75, 3.05) is 11.1 Å². The van der Waals surface area contributed by atoms with Crippen molar-refractivity contribution in [3.8, 4) is 17.0 Å². The van der Waals surface area contributed by atoms with Crippen molar-refractivity contribution in [2.24, 2.45) is 0 Å². The van der Waals surface area contributed by atoms with Crippen molar-refractivity contribution in [3.63, 3.8) is 0 Å². The summed E-state index contributed by atoms with van der Waals surface area (Å²) in [4.78, 5) is 31.3. The van der Waals surface area contributed by atoms with Crippen molar-refractivity contribution >= 4 is 33.3 Å². The molecule has 0 aliphatic heterocycles. The molecule has 2 amide bonds. The van der Waals surface area contributed by atoms with Crippen molar-refractivity contribution in [3.05, 3.63) is 60.4 Å².